The van der Waals surface area contributed by atoms with Gasteiger partial charge >= 0.3 is 0 Å². The minimum absolute atomic E-state index is 0.506. The molecule has 0 atom stereocenters. The summed E-state index contributed by atoms with van der Waals surface area (Å²) in [6.45, 7) is 2.11. The van der Waals surface area contributed by atoms with Crippen LogP contribution in [0.1, 0.15) is 43.4 Å². The molecule has 0 radical (unpaired) electrons. The van der Waals surface area contributed by atoms with Crippen molar-refractivity contribution >= 4 is 11.6 Å². The first kappa shape index (κ1) is 12.6. The minimum Gasteiger partial charge on any atom is -0.287 e. The number of nitrogens with zero attached hydrogens (tertiary/aromatic N) is 4. The van der Waals surface area contributed by atoms with Crippen LogP contribution in [0.3, 0.4) is 0 Å². The topological polar surface area (TPSA) is 43.6 Å². The van der Waals surface area contributed by atoms with Gasteiger partial charge in [-0.2, -0.15) is 0 Å². The summed E-state index contributed by atoms with van der Waals surface area (Å²) >= 11 is 6.10. The van der Waals surface area contributed by atoms with Crippen molar-refractivity contribution in [1.82, 2.24) is 19.5 Å². The molecule has 1 aliphatic rings. The smallest absolute Gasteiger partial charge is 0.143 e. The Bertz CT molecular complexity index is 591. The SMILES string of the molecule is CCCc1nc(Cl)cc(-n2cnc3c2CCCC3)n1. The molecule has 0 saturated heterocycles. The van der Waals surface area contributed by atoms with E-state index < -0.39 is 0 Å². The van der Waals surface area contributed by atoms with E-state index in [2.05, 4.69) is 26.4 Å². The normalized spacial score (nSPS) is 14.4. The summed E-state index contributed by atoms with van der Waals surface area (Å²) in [7, 11) is 0. The molecule has 19 heavy (non-hydrogen) atoms. The largest absolute Gasteiger partial charge is 0.287 e. The fourth-order valence-electron chi connectivity index (χ4n) is 2.58. The van der Waals surface area contributed by atoms with Crippen LogP contribution in [0.4, 0.5) is 0 Å². The fourth-order valence-corrected chi connectivity index (χ4v) is 2.77. The molecule has 0 bridgehead atoms. The first-order valence-corrected chi connectivity index (χ1v) is 7.24. The van der Waals surface area contributed by atoms with Gasteiger partial charge in [-0.3, -0.25) is 4.57 Å². The van der Waals surface area contributed by atoms with Crippen molar-refractivity contribution in [2.45, 2.75) is 45.4 Å². The van der Waals surface area contributed by atoms with E-state index in [0.29, 0.717) is 5.15 Å². The van der Waals surface area contributed by atoms with Crippen LogP contribution in [0.25, 0.3) is 5.82 Å². The summed E-state index contributed by atoms with van der Waals surface area (Å²) in [5.74, 6) is 1.65. The summed E-state index contributed by atoms with van der Waals surface area (Å²) in [6, 6.07) is 1.82. The zero-order valence-electron chi connectivity index (χ0n) is 11.1. The lowest BCUT2D eigenvalue weighted by Gasteiger charge is -2.14. The number of aromatic nitrogens is 4. The molecule has 0 saturated carbocycles. The van der Waals surface area contributed by atoms with Gasteiger partial charge in [-0.1, -0.05) is 18.5 Å². The first-order valence-electron chi connectivity index (χ1n) is 6.87. The van der Waals surface area contributed by atoms with Gasteiger partial charge in [0.15, 0.2) is 0 Å². The Morgan fingerprint density at radius 1 is 1.26 bits per heavy atom. The van der Waals surface area contributed by atoms with E-state index >= 15 is 0 Å². The van der Waals surface area contributed by atoms with E-state index in [9.17, 15) is 0 Å². The van der Waals surface area contributed by atoms with Crippen LogP contribution in [-0.2, 0) is 19.3 Å². The van der Waals surface area contributed by atoms with Crippen LogP contribution < -0.4 is 0 Å². The van der Waals surface area contributed by atoms with Gasteiger partial charge in [0.1, 0.15) is 23.1 Å². The standard InChI is InChI=1S/C14H17ClN4/c1-2-5-13-17-12(15)8-14(18-13)19-9-16-10-6-3-4-7-11(10)19/h8-9H,2-7H2,1H3. The van der Waals surface area contributed by atoms with Crippen molar-refractivity contribution in [2.75, 3.05) is 0 Å². The van der Waals surface area contributed by atoms with Gasteiger partial charge in [-0.15, -0.1) is 0 Å². The summed E-state index contributed by atoms with van der Waals surface area (Å²) < 4.78 is 2.07. The maximum absolute atomic E-state index is 6.10. The van der Waals surface area contributed by atoms with Crippen LogP contribution in [0, 0.1) is 0 Å². The lowest BCUT2D eigenvalue weighted by molar-refractivity contribution is 0.653. The summed E-state index contributed by atoms with van der Waals surface area (Å²) in [4.78, 5) is 13.4. The lowest BCUT2D eigenvalue weighted by atomic mass is 10.0. The third-order valence-electron chi connectivity index (χ3n) is 3.48. The Balaban J connectivity index is 2.04. The number of aryl methyl sites for hydroxylation is 2. The number of hydrogen-bond acceptors (Lipinski definition) is 3. The van der Waals surface area contributed by atoms with Gasteiger partial charge in [0.05, 0.1) is 5.69 Å². The van der Waals surface area contributed by atoms with Crippen molar-refractivity contribution in [3.8, 4) is 5.82 Å². The van der Waals surface area contributed by atoms with Gasteiger partial charge in [0.2, 0.25) is 0 Å². The Morgan fingerprint density at radius 3 is 2.95 bits per heavy atom. The van der Waals surface area contributed by atoms with E-state index in [4.69, 9.17) is 11.6 Å². The zero-order valence-corrected chi connectivity index (χ0v) is 11.8. The van der Waals surface area contributed by atoms with E-state index in [0.717, 1.165) is 37.3 Å². The van der Waals surface area contributed by atoms with Gasteiger partial charge in [0.25, 0.3) is 0 Å². The van der Waals surface area contributed by atoms with Gasteiger partial charge in [0, 0.05) is 18.2 Å². The van der Waals surface area contributed by atoms with Crippen LogP contribution in [-0.4, -0.2) is 19.5 Å². The van der Waals surface area contributed by atoms with Crippen molar-refractivity contribution in [2.24, 2.45) is 0 Å². The molecule has 3 rings (SSSR count). The van der Waals surface area contributed by atoms with E-state index in [-0.39, 0.29) is 0 Å². The van der Waals surface area contributed by atoms with E-state index in [1.54, 1.807) is 0 Å². The second-order valence-corrected chi connectivity index (χ2v) is 5.32. The zero-order chi connectivity index (χ0) is 13.2. The molecular weight excluding hydrogens is 260 g/mol. The summed E-state index contributed by atoms with van der Waals surface area (Å²) in [6.07, 6.45) is 8.33. The van der Waals surface area contributed by atoms with Crippen LogP contribution >= 0.6 is 11.6 Å². The molecule has 0 unspecified atom stereocenters. The van der Waals surface area contributed by atoms with E-state index in [1.165, 1.54) is 24.2 Å². The molecule has 0 amide bonds. The third kappa shape index (κ3) is 2.50. The van der Waals surface area contributed by atoms with Gasteiger partial charge < -0.3 is 0 Å². The number of halogens is 1. The Morgan fingerprint density at radius 2 is 2.11 bits per heavy atom. The second kappa shape index (κ2) is 5.29. The molecule has 2 heterocycles. The van der Waals surface area contributed by atoms with Gasteiger partial charge in [-0.05, 0) is 32.1 Å². The number of imidazole rings is 1. The number of fused-ring (bicyclic) bond motifs is 1. The van der Waals surface area contributed by atoms with Crippen molar-refractivity contribution in [3.63, 3.8) is 0 Å². The average molecular weight is 277 g/mol. The predicted octanol–water partition coefficient (Wildman–Crippen LogP) is 3.15. The van der Waals surface area contributed by atoms with E-state index in [1.807, 2.05) is 12.4 Å². The molecule has 1 aliphatic carbocycles. The van der Waals surface area contributed by atoms with Crippen LogP contribution in [0.15, 0.2) is 12.4 Å². The molecule has 2 aromatic heterocycles. The highest BCUT2D eigenvalue weighted by Gasteiger charge is 2.17. The highest BCUT2D eigenvalue weighted by molar-refractivity contribution is 6.29. The Labute approximate surface area is 117 Å². The van der Waals surface area contributed by atoms with Gasteiger partial charge in [-0.25, -0.2) is 15.0 Å². The van der Waals surface area contributed by atoms with Crippen molar-refractivity contribution in [3.05, 3.63) is 34.8 Å². The van der Waals surface area contributed by atoms with Crippen molar-refractivity contribution in [1.29, 1.82) is 0 Å². The molecule has 0 aliphatic heterocycles. The highest BCUT2D eigenvalue weighted by Crippen LogP contribution is 2.23. The molecule has 100 valence electrons. The molecule has 4 nitrogen and oxygen atoms in total. The minimum atomic E-state index is 0.506. The third-order valence-corrected chi connectivity index (χ3v) is 3.67. The monoisotopic (exact) mass is 276 g/mol. The first-order chi connectivity index (χ1) is 9.28. The van der Waals surface area contributed by atoms with Crippen LogP contribution in [0.2, 0.25) is 5.15 Å². The van der Waals surface area contributed by atoms with Crippen LogP contribution in [0.5, 0.6) is 0 Å². The predicted molar refractivity (Wildman–Crippen MR) is 74.8 cm³/mol. The lowest BCUT2D eigenvalue weighted by Crippen LogP contribution is -2.09. The molecule has 5 heteroatoms. The molecular formula is C14H17ClN4. The molecule has 0 N–H and O–H groups in total. The average Bonchev–Trinajstić information content (AvgIpc) is 2.82. The molecule has 0 fully saturated rings. The quantitative estimate of drug-likeness (QED) is 0.809. The summed E-state index contributed by atoms with van der Waals surface area (Å²) in [5.41, 5.74) is 2.49. The maximum Gasteiger partial charge on any atom is 0.143 e. The van der Waals surface area contributed by atoms with Crippen molar-refractivity contribution < 1.29 is 0 Å². The molecule has 0 aromatic carbocycles. The second-order valence-electron chi connectivity index (χ2n) is 4.93. The summed E-state index contributed by atoms with van der Waals surface area (Å²) in [5, 5.41) is 0.506. The maximum atomic E-state index is 6.10. The highest BCUT2D eigenvalue weighted by atomic mass is 35.5. The molecule has 2 aromatic rings. The number of hydrogen-bond donors (Lipinski definition) is 0. The Kier molecular flexibility index (Phi) is 3.51. The number of rotatable bonds is 3. The fraction of sp³-hybridized carbons (Fsp3) is 0.500. The Hall–Kier alpha value is -1.42. The molecule has 0 spiro atoms.